The maximum Gasteiger partial charge on any atom is 0.242 e. The molecule has 0 aliphatic carbocycles. The van der Waals surface area contributed by atoms with E-state index in [9.17, 15) is 4.79 Å². The zero-order valence-corrected chi connectivity index (χ0v) is 11.0. The molecule has 0 aliphatic rings. The van der Waals surface area contributed by atoms with E-state index in [1.54, 1.807) is 24.1 Å². The number of carbonyl (C=O) groups is 1. The summed E-state index contributed by atoms with van der Waals surface area (Å²) in [6.07, 6.45) is 5.21. The first kappa shape index (κ1) is 13.2. The minimum absolute atomic E-state index is 0.0962. The van der Waals surface area contributed by atoms with Crippen LogP contribution in [0, 0.1) is 0 Å². The molecule has 0 spiro atoms. The summed E-state index contributed by atoms with van der Waals surface area (Å²) in [5.41, 5.74) is 1.67. The Labute approximate surface area is 111 Å². The molecule has 2 rings (SSSR count). The number of carbonyl (C=O) groups excluding carboxylic acids is 1. The number of rotatable bonds is 5. The highest BCUT2D eigenvalue weighted by atomic mass is 16.2. The van der Waals surface area contributed by atoms with Crippen molar-refractivity contribution in [3.8, 4) is 0 Å². The maximum atomic E-state index is 12.1. The van der Waals surface area contributed by atoms with E-state index in [1.165, 1.54) is 0 Å². The zero-order chi connectivity index (χ0) is 13.7. The number of aryl methyl sites for hydroxylation is 1. The first-order valence-electron chi connectivity index (χ1n) is 6.04. The Morgan fingerprint density at radius 2 is 2.32 bits per heavy atom. The smallest absolute Gasteiger partial charge is 0.242 e. The van der Waals surface area contributed by atoms with Crippen LogP contribution in [-0.4, -0.2) is 27.7 Å². The van der Waals surface area contributed by atoms with Crippen molar-refractivity contribution in [3.05, 3.63) is 48.0 Å². The molecule has 2 heterocycles. The molecule has 1 unspecified atom stereocenters. The van der Waals surface area contributed by atoms with Gasteiger partial charge in [-0.2, -0.15) is 5.10 Å². The molecular weight excluding hydrogens is 242 g/mol. The van der Waals surface area contributed by atoms with Gasteiger partial charge in [-0.15, -0.1) is 0 Å². The number of hydrogen-bond donors (Lipinski definition) is 2. The molecule has 0 saturated heterocycles. The van der Waals surface area contributed by atoms with Crippen molar-refractivity contribution in [3.63, 3.8) is 0 Å². The molecule has 0 aliphatic heterocycles. The fourth-order valence-corrected chi connectivity index (χ4v) is 1.82. The van der Waals surface area contributed by atoms with Crippen LogP contribution in [-0.2, 0) is 18.4 Å². The molecule has 0 saturated carbocycles. The van der Waals surface area contributed by atoms with E-state index in [0.29, 0.717) is 6.54 Å². The average Bonchev–Trinajstić information content (AvgIpc) is 2.85. The van der Waals surface area contributed by atoms with Gasteiger partial charge in [0.2, 0.25) is 5.91 Å². The molecule has 0 fully saturated rings. The van der Waals surface area contributed by atoms with Gasteiger partial charge >= 0.3 is 0 Å². The number of hydrogen-bond acceptors (Lipinski definition) is 4. The van der Waals surface area contributed by atoms with Crippen LogP contribution < -0.4 is 10.6 Å². The Hall–Kier alpha value is -2.21. The lowest BCUT2D eigenvalue weighted by Gasteiger charge is -2.14. The van der Waals surface area contributed by atoms with Gasteiger partial charge in [-0.3, -0.25) is 14.5 Å². The Morgan fingerprint density at radius 3 is 2.89 bits per heavy atom. The van der Waals surface area contributed by atoms with E-state index >= 15 is 0 Å². The first-order chi connectivity index (χ1) is 9.20. The lowest BCUT2D eigenvalue weighted by atomic mass is 10.1. The van der Waals surface area contributed by atoms with Crippen LogP contribution >= 0.6 is 0 Å². The topological polar surface area (TPSA) is 71.8 Å². The molecule has 2 aromatic heterocycles. The molecule has 19 heavy (non-hydrogen) atoms. The van der Waals surface area contributed by atoms with Crippen molar-refractivity contribution >= 4 is 5.91 Å². The Kier molecular flexibility index (Phi) is 4.25. The summed E-state index contributed by atoms with van der Waals surface area (Å²) in [7, 11) is 3.57. The predicted octanol–water partition coefficient (Wildman–Crippen LogP) is 0.392. The van der Waals surface area contributed by atoms with Crippen molar-refractivity contribution in [1.29, 1.82) is 0 Å². The molecule has 1 atom stereocenters. The summed E-state index contributed by atoms with van der Waals surface area (Å²) in [4.78, 5) is 16.3. The highest BCUT2D eigenvalue weighted by Crippen LogP contribution is 2.11. The monoisotopic (exact) mass is 259 g/mol. The van der Waals surface area contributed by atoms with Gasteiger partial charge < -0.3 is 10.6 Å². The van der Waals surface area contributed by atoms with Gasteiger partial charge in [-0.1, -0.05) is 6.07 Å². The summed E-state index contributed by atoms with van der Waals surface area (Å²) < 4.78 is 1.67. The lowest BCUT2D eigenvalue weighted by Crippen LogP contribution is -2.35. The van der Waals surface area contributed by atoms with E-state index in [2.05, 4.69) is 20.7 Å². The van der Waals surface area contributed by atoms with Crippen molar-refractivity contribution in [2.24, 2.45) is 7.05 Å². The lowest BCUT2D eigenvalue weighted by molar-refractivity contribution is -0.123. The number of aromatic nitrogens is 3. The quantitative estimate of drug-likeness (QED) is 0.815. The molecule has 0 aromatic carbocycles. The van der Waals surface area contributed by atoms with Crippen LogP contribution in [0.2, 0.25) is 0 Å². The molecule has 2 N–H and O–H groups in total. The van der Waals surface area contributed by atoms with Crippen LogP contribution in [0.3, 0.4) is 0 Å². The fraction of sp³-hybridized carbons (Fsp3) is 0.308. The number of nitrogens with zero attached hydrogens (tertiary/aromatic N) is 3. The first-order valence-corrected chi connectivity index (χ1v) is 6.04. The summed E-state index contributed by atoms with van der Waals surface area (Å²) >= 11 is 0. The van der Waals surface area contributed by atoms with Gasteiger partial charge in [0.05, 0.1) is 18.4 Å². The third kappa shape index (κ3) is 3.38. The molecule has 1 amide bonds. The minimum atomic E-state index is -0.405. The second-order valence-corrected chi connectivity index (χ2v) is 4.21. The Bertz CT molecular complexity index is 537. The Balaban J connectivity index is 1.98. The number of likely N-dealkylation sites (N-methyl/N-ethyl adjacent to an activating group) is 1. The van der Waals surface area contributed by atoms with Crippen molar-refractivity contribution in [2.75, 3.05) is 7.05 Å². The third-order valence-corrected chi connectivity index (χ3v) is 2.78. The molecule has 100 valence electrons. The van der Waals surface area contributed by atoms with Crippen LogP contribution in [0.4, 0.5) is 0 Å². The van der Waals surface area contributed by atoms with E-state index in [4.69, 9.17) is 0 Å². The van der Waals surface area contributed by atoms with Crippen molar-refractivity contribution in [1.82, 2.24) is 25.4 Å². The number of nitrogens with one attached hydrogen (secondary N) is 2. The fourth-order valence-electron chi connectivity index (χ4n) is 1.82. The highest BCUT2D eigenvalue weighted by molar-refractivity contribution is 5.82. The van der Waals surface area contributed by atoms with E-state index in [1.807, 2.05) is 31.4 Å². The van der Waals surface area contributed by atoms with Gasteiger partial charge in [0.25, 0.3) is 0 Å². The SMILES string of the molecule is CNC(C(=O)NCc1ccccn1)c1cnn(C)c1. The zero-order valence-electron chi connectivity index (χ0n) is 11.0. The maximum absolute atomic E-state index is 12.1. The standard InChI is InChI=1S/C13H17N5O/c1-14-12(10-7-17-18(2)9-10)13(19)16-8-11-5-3-4-6-15-11/h3-7,9,12,14H,8H2,1-2H3,(H,16,19). The molecule has 0 bridgehead atoms. The largest absolute Gasteiger partial charge is 0.349 e. The Morgan fingerprint density at radius 1 is 1.47 bits per heavy atom. The van der Waals surface area contributed by atoms with Gasteiger partial charge in [-0.05, 0) is 19.2 Å². The summed E-state index contributed by atoms with van der Waals surface area (Å²) in [6.45, 7) is 0.415. The molecule has 6 heteroatoms. The van der Waals surface area contributed by atoms with E-state index in [-0.39, 0.29) is 5.91 Å². The molecular formula is C13H17N5O. The second-order valence-electron chi connectivity index (χ2n) is 4.21. The van der Waals surface area contributed by atoms with Crippen molar-refractivity contribution in [2.45, 2.75) is 12.6 Å². The van der Waals surface area contributed by atoms with Crippen molar-refractivity contribution < 1.29 is 4.79 Å². The second kappa shape index (κ2) is 6.10. The molecule has 2 aromatic rings. The summed E-state index contributed by atoms with van der Waals surface area (Å²) in [5, 5.41) is 9.91. The van der Waals surface area contributed by atoms with E-state index < -0.39 is 6.04 Å². The predicted molar refractivity (Wildman–Crippen MR) is 71.1 cm³/mol. The van der Waals surface area contributed by atoms with Gasteiger partial charge in [0, 0.05) is 25.0 Å². The number of pyridine rings is 1. The number of amides is 1. The van der Waals surface area contributed by atoms with Crippen LogP contribution in [0.1, 0.15) is 17.3 Å². The highest BCUT2D eigenvalue weighted by Gasteiger charge is 2.19. The molecule has 0 radical (unpaired) electrons. The molecule has 6 nitrogen and oxygen atoms in total. The van der Waals surface area contributed by atoms with Gasteiger partial charge in [-0.25, -0.2) is 0 Å². The van der Waals surface area contributed by atoms with Gasteiger partial charge in [0.1, 0.15) is 6.04 Å². The van der Waals surface area contributed by atoms with Crippen LogP contribution in [0.15, 0.2) is 36.8 Å². The van der Waals surface area contributed by atoms with Gasteiger partial charge in [0.15, 0.2) is 0 Å². The van der Waals surface area contributed by atoms with Crippen LogP contribution in [0.5, 0.6) is 0 Å². The third-order valence-electron chi connectivity index (χ3n) is 2.78. The minimum Gasteiger partial charge on any atom is -0.349 e. The van der Waals surface area contributed by atoms with Crippen LogP contribution in [0.25, 0.3) is 0 Å². The average molecular weight is 259 g/mol. The summed E-state index contributed by atoms with van der Waals surface area (Å²) in [5.74, 6) is -0.0962. The van der Waals surface area contributed by atoms with E-state index in [0.717, 1.165) is 11.3 Å². The normalized spacial score (nSPS) is 12.1. The summed E-state index contributed by atoms with van der Waals surface area (Å²) in [6, 6.07) is 5.21.